The Labute approximate surface area is 119 Å². The number of aromatic nitrogens is 1. The smallest absolute Gasteiger partial charge is 0.317 e. The van der Waals surface area contributed by atoms with Crippen LogP contribution in [0.3, 0.4) is 0 Å². The summed E-state index contributed by atoms with van der Waals surface area (Å²) in [5, 5.41) is 3.13. The zero-order valence-corrected chi connectivity index (χ0v) is 11.6. The number of nitrogens with zero attached hydrogens (tertiary/aromatic N) is 2. The zero-order valence-electron chi connectivity index (χ0n) is 11.6. The van der Waals surface area contributed by atoms with Crippen molar-refractivity contribution in [3.05, 3.63) is 24.5 Å². The van der Waals surface area contributed by atoms with Crippen LogP contribution in [0.25, 0.3) is 0 Å². The number of rotatable bonds is 3. The quantitative estimate of drug-likeness (QED) is 0.920. The molecule has 2 amide bonds. The molecule has 108 valence electrons. The molecular weight excluding hydrogens is 254 g/mol. The second-order valence-corrected chi connectivity index (χ2v) is 5.61. The van der Waals surface area contributed by atoms with Crippen molar-refractivity contribution < 1.29 is 9.53 Å². The third kappa shape index (κ3) is 3.21. The summed E-state index contributed by atoms with van der Waals surface area (Å²) in [5.74, 6) is 0.817. The van der Waals surface area contributed by atoms with Gasteiger partial charge in [0, 0.05) is 18.4 Å². The van der Waals surface area contributed by atoms with Crippen molar-refractivity contribution in [2.24, 2.45) is 0 Å². The van der Waals surface area contributed by atoms with Gasteiger partial charge in [0.2, 0.25) is 0 Å². The van der Waals surface area contributed by atoms with Gasteiger partial charge in [-0.2, -0.15) is 0 Å². The van der Waals surface area contributed by atoms with Crippen LogP contribution >= 0.6 is 0 Å². The molecule has 1 saturated heterocycles. The van der Waals surface area contributed by atoms with Crippen LogP contribution in [0.2, 0.25) is 0 Å². The van der Waals surface area contributed by atoms with E-state index in [2.05, 4.69) is 10.3 Å². The molecule has 2 heterocycles. The lowest BCUT2D eigenvalue weighted by atomic mass is 9.95. The summed E-state index contributed by atoms with van der Waals surface area (Å²) in [4.78, 5) is 17.8. The molecule has 0 spiro atoms. The normalized spacial score (nSPS) is 20.3. The molecule has 1 N–H and O–H groups in total. The predicted octanol–water partition coefficient (Wildman–Crippen LogP) is 2.19. The summed E-state index contributed by atoms with van der Waals surface area (Å²) in [6.45, 7) is 1.34. The van der Waals surface area contributed by atoms with Gasteiger partial charge in [-0.1, -0.05) is 19.3 Å². The van der Waals surface area contributed by atoms with Gasteiger partial charge < -0.3 is 15.0 Å². The van der Waals surface area contributed by atoms with Crippen LogP contribution in [0, 0.1) is 0 Å². The Morgan fingerprint density at radius 1 is 1.20 bits per heavy atom. The fourth-order valence-electron chi connectivity index (χ4n) is 2.80. The Kier molecular flexibility index (Phi) is 4.04. The van der Waals surface area contributed by atoms with Gasteiger partial charge in [-0.05, 0) is 25.0 Å². The highest BCUT2D eigenvalue weighted by Crippen LogP contribution is 2.20. The van der Waals surface area contributed by atoms with E-state index in [1.165, 1.54) is 19.3 Å². The van der Waals surface area contributed by atoms with Crippen LogP contribution in [0.15, 0.2) is 24.5 Å². The van der Waals surface area contributed by atoms with Gasteiger partial charge in [-0.3, -0.25) is 4.98 Å². The average Bonchev–Trinajstić information content (AvgIpc) is 2.44. The summed E-state index contributed by atoms with van der Waals surface area (Å²) in [7, 11) is 0. The van der Waals surface area contributed by atoms with E-state index >= 15 is 0 Å². The molecule has 3 rings (SSSR count). The van der Waals surface area contributed by atoms with E-state index in [9.17, 15) is 4.79 Å². The van der Waals surface area contributed by atoms with Crippen LogP contribution in [-0.2, 0) is 0 Å². The summed E-state index contributed by atoms with van der Waals surface area (Å²) in [6, 6.07) is 4.11. The lowest BCUT2D eigenvalue weighted by Crippen LogP contribution is -2.60. The monoisotopic (exact) mass is 275 g/mol. The van der Waals surface area contributed by atoms with E-state index < -0.39 is 0 Å². The Bertz CT molecular complexity index is 440. The molecule has 20 heavy (non-hydrogen) atoms. The number of amides is 2. The van der Waals surface area contributed by atoms with Gasteiger partial charge in [0.15, 0.2) is 0 Å². The minimum Gasteiger partial charge on any atom is -0.487 e. The molecule has 2 aliphatic rings. The first kappa shape index (κ1) is 13.2. The first-order valence-electron chi connectivity index (χ1n) is 7.43. The Morgan fingerprint density at radius 3 is 2.60 bits per heavy atom. The highest BCUT2D eigenvalue weighted by molar-refractivity contribution is 5.75. The van der Waals surface area contributed by atoms with Gasteiger partial charge in [0.05, 0.1) is 13.1 Å². The first-order chi connectivity index (χ1) is 9.81. The van der Waals surface area contributed by atoms with Crippen molar-refractivity contribution >= 4 is 6.03 Å². The number of carbonyl (C=O) groups is 1. The fraction of sp³-hybridized carbons (Fsp3) is 0.600. The van der Waals surface area contributed by atoms with Gasteiger partial charge in [0.25, 0.3) is 0 Å². The number of urea groups is 1. The average molecular weight is 275 g/mol. The van der Waals surface area contributed by atoms with Gasteiger partial charge in [0.1, 0.15) is 11.9 Å². The number of carbonyl (C=O) groups excluding carboxylic acids is 1. The summed E-state index contributed by atoms with van der Waals surface area (Å²) in [5.41, 5.74) is 0. The standard InChI is InChI=1S/C15H21N3O2/c19-15(17-12-4-2-1-3-5-12)18-10-14(11-18)20-13-6-8-16-9-7-13/h6-9,12,14H,1-5,10-11H2,(H,17,19). The highest BCUT2D eigenvalue weighted by Gasteiger charge is 2.33. The van der Waals surface area contributed by atoms with Gasteiger partial charge in [-0.25, -0.2) is 4.79 Å². The number of ether oxygens (including phenoxy) is 1. The van der Waals surface area contributed by atoms with Crippen LogP contribution in [0.1, 0.15) is 32.1 Å². The minimum absolute atomic E-state index is 0.0616. The zero-order chi connectivity index (χ0) is 13.8. The summed E-state index contributed by atoms with van der Waals surface area (Å²) in [6.07, 6.45) is 9.54. The van der Waals surface area contributed by atoms with E-state index in [0.29, 0.717) is 19.1 Å². The van der Waals surface area contributed by atoms with Crippen molar-refractivity contribution in [1.29, 1.82) is 0 Å². The number of pyridine rings is 1. The molecule has 0 bridgehead atoms. The Balaban J connectivity index is 1.40. The van der Waals surface area contributed by atoms with Crippen molar-refractivity contribution in [3.63, 3.8) is 0 Å². The van der Waals surface area contributed by atoms with Crippen LogP contribution < -0.4 is 10.1 Å². The molecule has 2 fully saturated rings. The van der Waals surface area contributed by atoms with Crippen LogP contribution in [0.4, 0.5) is 4.79 Å². The van der Waals surface area contributed by atoms with E-state index in [1.807, 2.05) is 17.0 Å². The maximum Gasteiger partial charge on any atom is 0.317 e. The summed E-state index contributed by atoms with van der Waals surface area (Å²) < 4.78 is 5.76. The third-order valence-electron chi connectivity index (χ3n) is 4.02. The SMILES string of the molecule is O=C(NC1CCCCC1)N1CC(Oc2ccncc2)C1. The second-order valence-electron chi connectivity index (χ2n) is 5.61. The number of hydrogen-bond donors (Lipinski definition) is 1. The van der Waals surface area contributed by atoms with Crippen molar-refractivity contribution in [2.75, 3.05) is 13.1 Å². The molecule has 1 aromatic rings. The van der Waals surface area contributed by atoms with E-state index in [-0.39, 0.29) is 12.1 Å². The van der Waals surface area contributed by atoms with E-state index in [4.69, 9.17) is 4.74 Å². The topological polar surface area (TPSA) is 54.5 Å². The van der Waals surface area contributed by atoms with Crippen LogP contribution in [0.5, 0.6) is 5.75 Å². The number of hydrogen-bond acceptors (Lipinski definition) is 3. The molecule has 1 aliphatic heterocycles. The van der Waals surface area contributed by atoms with Gasteiger partial charge >= 0.3 is 6.03 Å². The lowest BCUT2D eigenvalue weighted by Gasteiger charge is -2.39. The largest absolute Gasteiger partial charge is 0.487 e. The lowest BCUT2D eigenvalue weighted by molar-refractivity contribution is 0.0429. The Hall–Kier alpha value is -1.78. The molecule has 1 saturated carbocycles. The maximum absolute atomic E-state index is 12.0. The van der Waals surface area contributed by atoms with E-state index in [0.717, 1.165) is 18.6 Å². The molecule has 0 radical (unpaired) electrons. The highest BCUT2D eigenvalue weighted by atomic mass is 16.5. The van der Waals surface area contributed by atoms with E-state index in [1.54, 1.807) is 12.4 Å². The third-order valence-corrected chi connectivity index (χ3v) is 4.02. The molecule has 0 aromatic carbocycles. The van der Waals surface area contributed by atoms with Crippen LogP contribution in [-0.4, -0.2) is 41.2 Å². The van der Waals surface area contributed by atoms with Crippen molar-refractivity contribution in [1.82, 2.24) is 15.2 Å². The predicted molar refractivity (Wildman–Crippen MR) is 75.6 cm³/mol. The fourth-order valence-corrected chi connectivity index (χ4v) is 2.80. The van der Waals surface area contributed by atoms with Crippen molar-refractivity contribution in [2.45, 2.75) is 44.2 Å². The van der Waals surface area contributed by atoms with Crippen molar-refractivity contribution in [3.8, 4) is 5.75 Å². The number of likely N-dealkylation sites (tertiary alicyclic amines) is 1. The molecule has 1 aliphatic carbocycles. The molecule has 0 unspecified atom stereocenters. The number of nitrogens with one attached hydrogen (secondary N) is 1. The van der Waals surface area contributed by atoms with Gasteiger partial charge in [-0.15, -0.1) is 0 Å². The second kappa shape index (κ2) is 6.11. The molecule has 5 nitrogen and oxygen atoms in total. The molecule has 1 aromatic heterocycles. The first-order valence-corrected chi connectivity index (χ1v) is 7.43. The molecule has 5 heteroatoms. The Morgan fingerprint density at radius 2 is 1.90 bits per heavy atom. The minimum atomic E-state index is 0.0616. The summed E-state index contributed by atoms with van der Waals surface area (Å²) >= 11 is 0. The molecule has 0 atom stereocenters. The maximum atomic E-state index is 12.0. The molecular formula is C15H21N3O2.